The fraction of sp³-hybridized carbons (Fsp3) is 0.280. The fourth-order valence-electron chi connectivity index (χ4n) is 3.48. The standard InChI is InChI=1S/C25H24FNO5/c26-23-13-19(25(28)29)4-5-21(23)16-31-22-3-1-2-18(12-22)20-6-7-24(27-14-20)32-15-17-8-10-30-11-9-17/h1-7,12-14,17H,8-11,15-16H2,(H,28,29). The summed E-state index contributed by atoms with van der Waals surface area (Å²) in [6.45, 7) is 2.22. The highest BCUT2D eigenvalue weighted by Crippen LogP contribution is 2.26. The van der Waals surface area contributed by atoms with Gasteiger partial charge in [-0.05, 0) is 54.7 Å². The van der Waals surface area contributed by atoms with Gasteiger partial charge in [-0.25, -0.2) is 14.2 Å². The Labute approximate surface area is 185 Å². The Bertz CT molecular complexity index is 1060. The Balaban J connectivity index is 1.36. The topological polar surface area (TPSA) is 77.9 Å². The largest absolute Gasteiger partial charge is 0.489 e. The molecule has 7 heteroatoms. The normalized spacial score (nSPS) is 14.2. The van der Waals surface area contributed by atoms with Crippen LogP contribution in [0.15, 0.2) is 60.8 Å². The van der Waals surface area contributed by atoms with E-state index in [1.165, 1.54) is 12.1 Å². The molecule has 0 saturated carbocycles. The van der Waals surface area contributed by atoms with Gasteiger partial charge in [0.25, 0.3) is 0 Å². The van der Waals surface area contributed by atoms with E-state index in [9.17, 15) is 9.18 Å². The predicted molar refractivity (Wildman–Crippen MR) is 116 cm³/mol. The van der Waals surface area contributed by atoms with Crippen LogP contribution < -0.4 is 9.47 Å². The van der Waals surface area contributed by atoms with E-state index in [1.807, 2.05) is 30.3 Å². The first-order chi connectivity index (χ1) is 15.6. The molecule has 0 bridgehead atoms. The minimum absolute atomic E-state index is 0.00752. The van der Waals surface area contributed by atoms with Crippen LogP contribution in [0.3, 0.4) is 0 Å². The van der Waals surface area contributed by atoms with Crippen molar-refractivity contribution in [1.29, 1.82) is 0 Å². The molecule has 1 aliphatic heterocycles. The van der Waals surface area contributed by atoms with E-state index in [2.05, 4.69) is 4.98 Å². The van der Waals surface area contributed by atoms with Crippen molar-refractivity contribution in [3.63, 3.8) is 0 Å². The van der Waals surface area contributed by atoms with Crippen molar-refractivity contribution in [3.05, 3.63) is 77.7 Å². The minimum Gasteiger partial charge on any atom is -0.489 e. The number of nitrogens with zero attached hydrogens (tertiary/aromatic N) is 1. The average molecular weight is 437 g/mol. The number of aromatic nitrogens is 1. The van der Waals surface area contributed by atoms with E-state index in [4.69, 9.17) is 19.3 Å². The minimum atomic E-state index is -1.17. The lowest BCUT2D eigenvalue weighted by Gasteiger charge is -2.21. The second-order valence-corrected chi connectivity index (χ2v) is 7.68. The predicted octanol–water partition coefficient (Wildman–Crippen LogP) is 4.97. The number of carboxylic acids is 1. The molecule has 1 N–H and O–H groups in total. The maximum atomic E-state index is 14.1. The summed E-state index contributed by atoms with van der Waals surface area (Å²) in [5.74, 6) is -0.111. The van der Waals surface area contributed by atoms with Crippen molar-refractivity contribution in [2.45, 2.75) is 19.4 Å². The Morgan fingerprint density at radius 3 is 2.62 bits per heavy atom. The number of rotatable bonds is 8. The molecule has 2 heterocycles. The average Bonchev–Trinajstić information content (AvgIpc) is 2.83. The number of benzene rings is 2. The van der Waals surface area contributed by atoms with E-state index in [-0.39, 0.29) is 17.7 Å². The third-order valence-corrected chi connectivity index (χ3v) is 5.41. The molecule has 166 valence electrons. The highest BCUT2D eigenvalue weighted by Gasteiger charge is 2.15. The molecule has 2 aromatic carbocycles. The molecule has 4 rings (SSSR count). The van der Waals surface area contributed by atoms with Crippen molar-refractivity contribution in [1.82, 2.24) is 4.98 Å². The van der Waals surface area contributed by atoms with Gasteiger partial charge in [0.05, 0.1) is 12.2 Å². The second kappa shape index (κ2) is 10.2. The zero-order valence-corrected chi connectivity index (χ0v) is 17.5. The molecule has 3 aromatic rings. The fourth-order valence-corrected chi connectivity index (χ4v) is 3.48. The quantitative estimate of drug-likeness (QED) is 0.536. The molecule has 1 fully saturated rings. The number of hydrogen-bond acceptors (Lipinski definition) is 5. The molecular weight excluding hydrogens is 413 g/mol. The summed E-state index contributed by atoms with van der Waals surface area (Å²) in [4.78, 5) is 15.3. The van der Waals surface area contributed by atoms with Gasteiger partial charge < -0.3 is 19.3 Å². The SMILES string of the molecule is O=C(O)c1ccc(COc2cccc(-c3ccc(OCC4CCOCC4)nc3)c2)c(F)c1. The summed E-state index contributed by atoms with van der Waals surface area (Å²) in [5, 5.41) is 8.94. The number of aromatic carboxylic acids is 1. The number of carbonyl (C=O) groups is 1. The molecule has 0 spiro atoms. The van der Waals surface area contributed by atoms with Crippen LogP contribution in [0.1, 0.15) is 28.8 Å². The number of ether oxygens (including phenoxy) is 3. The molecule has 0 atom stereocenters. The Kier molecular flexibility index (Phi) is 6.97. The summed E-state index contributed by atoms with van der Waals surface area (Å²) in [5.41, 5.74) is 2.01. The Hall–Kier alpha value is -3.45. The second-order valence-electron chi connectivity index (χ2n) is 7.68. The molecule has 1 aromatic heterocycles. The highest BCUT2D eigenvalue weighted by atomic mass is 19.1. The van der Waals surface area contributed by atoms with E-state index >= 15 is 0 Å². The lowest BCUT2D eigenvalue weighted by Crippen LogP contribution is -2.21. The molecule has 32 heavy (non-hydrogen) atoms. The van der Waals surface area contributed by atoms with Gasteiger partial charge in [0.15, 0.2) is 0 Å². The lowest BCUT2D eigenvalue weighted by atomic mass is 10.0. The molecule has 0 aliphatic carbocycles. The maximum absolute atomic E-state index is 14.1. The van der Waals surface area contributed by atoms with Crippen molar-refractivity contribution >= 4 is 5.97 Å². The molecule has 1 saturated heterocycles. The number of hydrogen-bond donors (Lipinski definition) is 1. The zero-order valence-electron chi connectivity index (χ0n) is 17.5. The summed E-state index contributed by atoms with van der Waals surface area (Å²) in [6, 6.07) is 15.0. The summed E-state index contributed by atoms with van der Waals surface area (Å²) < 4.78 is 31.0. The van der Waals surface area contributed by atoms with Crippen LogP contribution in [0.25, 0.3) is 11.1 Å². The Morgan fingerprint density at radius 1 is 1.06 bits per heavy atom. The molecule has 1 aliphatic rings. The van der Waals surface area contributed by atoms with Gasteiger partial charge in [-0.3, -0.25) is 0 Å². The smallest absolute Gasteiger partial charge is 0.335 e. The lowest BCUT2D eigenvalue weighted by molar-refractivity contribution is 0.0490. The van der Waals surface area contributed by atoms with Crippen molar-refractivity contribution in [3.8, 4) is 22.8 Å². The maximum Gasteiger partial charge on any atom is 0.335 e. The van der Waals surface area contributed by atoms with Crippen LogP contribution >= 0.6 is 0 Å². The van der Waals surface area contributed by atoms with Crippen molar-refractivity contribution in [2.75, 3.05) is 19.8 Å². The van der Waals surface area contributed by atoms with E-state index < -0.39 is 11.8 Å². The molecule has 0 radical (unpaired) electrons. The first-order valence-corrected chi connectivity index (χ1v) is 10.5. The Morgan fingerprint density at radius 2 is 1.91 bits per heavy atom. The van der Waals surface area contributed by atoms with Gasteiger partial charge in [0.2, 0.25) is 5.88 Å². The molecule has 0 amide bonds. The van der Waals surface area contributed by atoms with E-state index in [0.29, 0.717) is 24.2 Å². The molecule has 0 unspecified atom stereocenters. The first-order valence-electron chi connectivity index (χ1n) is 10.5. The van der Waals surface area contributed by atoms with Gasteiger partial charge >= 0.3 is 5.97 Å². The summed E-state index contributed by atoms with van der Waals surface area (Å²) in [6.07, 6.45) is 3.78. The van der Waals surface area contributed by atoms with Gasteiger partial charge in [-0.15, -0.1) is 0 Å². The van der Waals surface area contributed by atoms with Gasteiger partial charge in [0, 0.05) is 36.6 Å². The van der Waals surface area contributed by atoms with Crippen molar-refractivity contribution in [2.24, 2.45) is 5.92 Å². The van der Waals surface area contributed by atoms with Crippen LogP contribution in [0.2, 0.25) is 0 Å². The highest BCUT2D eigenvalue weighted by molar-refractivity contribution is 5.87. The molecule has 6 nitrogen and oxygen atoms in total. The number of pyridine rings is 1. The van der Waals surface area contributed by atoms with Gasteiger partial charge in [-0.1, -0.05) is 18.2 Å². The van der Waals surface area contributed by atoms with Crippen LogP contribution in [0.4, 0.5) is 4.39 Å². The third-order valence-electron chi connectivity index (χ3n) is 5.41. The number of halogens is 1. The van der Waals surface area contributed by atoms with Crippen molar-refractivity contribution < 1.29 is 28.5 Å². The van der Waals surface area contributed by atoms with Crippen LogP contribution in [-0.4, -0.2) is 35.9 Å². The monoisotopic (exact) mass is 437 g/mol. The van der Waals surface area contributed by atoms with Gasteiger partial charge in [-0.2, -0.15) is 0 Å². The van der Waals surface area contributed by atoms with Crippen LogP contribution in [0.5, 0.6) is 11.6 Å². The number of carboxylic acid groups (broad SMARTS) is 1. The zero-order chi connectivity index (χ0) is 22.3. The third kappa shape index (κ3) is 5.62. The van der Waals surface area contributed by atoms with E-state index in [0.717, 1.165) is 43.2 Å². The summed E-state index contributed by atoms with van der Waals surface area (Å²) in [7, 11) is 0. The molecular formula is C25H24FNO5. The summed E-state index contributed by atoms with van der Waals surface area (Å²) >= 11 is 0. The van der Waals surface area contributed by atoms with Crippen LogP contribution in [0, 0.1) is 11.7 Å². The first kappa shape index (κ1) is 21.8. The van der Waals surface area contributed by atoms with Crippen LogP contribution in [-0.2, 0) is 11.3 Å². The van der Waals surface area contributed by atoms with E-state index in [1.54, 1.807) is 12.3 Å². The van der Waals surface area contributed by atoms with Gasteiger partial charge in [0.1, 0.15) is 18.2 Å².